The molecule has 0 aliphatic carbocycles. The number of carbonyl (C=O) groups is 2. The quantitative estimate of drug-likeness (QED) is 0.0376. The van der Waals surface area contributed by atoms with Crippen molar-refractivity contribution < 1.29 is 33.0 Å². The van der Waals surface area contributed by atoms with E-state index < -0.39 is 18.0 Å². The van der Waals surface area contributed by atoms with Crippen molar-refractivity contribution in [1.29, 1.82) is 0 Å². The van der Waals surface area contributed by atoms with Crippen LogP contribution in [0.15, 0.2) is 77.2 Å². The van der Waals surface area contributed by atoms with Gasteiger partial charge in [-0.2, -0.15) is 0 Å². The van der Waals surface area contributed by atoms with E-state index in [-0.39, 0.29) is 0 Å². The summed E-state index contributed by atoms with van der Waals surface area (Å²) in [5.41, 5.74) is 3.23. The number of hydrogen-bond acceptors (Lipinski definition) is 8. The lowest BCUT2D eigenvalue weighted by atomic mass is 10.1. The summed E-state index contributed by atoms with van der Waals surface area (Å²) in [4.78, 5) is 26.0. The first kappa shape index (κ1) is 39.1. The molecule has 0 aliphatic heterocycles. The average molecular weight is 727 g/mol. The predicted molar refractivity (Wildman–Crippen MR) is 211 cm³/mol. The molecule has 52 heavy (non-hydrogen) atoms. The number of furan rings is 1. The Morgan fingerprint density at radius 3 is 1.83 bits per heavy atom. The number of esters is 2. The summed E-state index contributed by atoms with van der Waals surface area (Å²) in [5, 5.41) is 0.832. The minimum atomic E-state index is -0.655. The third-order valence-electron chi connectivity index (χ3n) is 9.25. The van der Waals surface area contributed by atoms with Crippen LogP contribution in [0.3, 0.4) is 0 Å². The smallest absolute Gasteiger partial charge is 0.353 e. The summed E-state index contributed by atoms with van der Waals surface area (Å²) in [6.45, 7) is 7.40. The molecule has 2 aromatic heterocycles. The molecule has 5 rings (SSSR count). The number of benzene rings is 3. The van der Waals surface area contributed by atoms with Crippen molar-refractivity contribution >= 4 is 44.5 Å². The van der Waals surface area contributed by atoms with Crippen molar-refractivity contribution in [3.63, 3.8) is 0 Å². The maximum atomic E-state index is 13.1. The second-order valence-electron chi connectivity index (χ2n) is 13.5. The standard InChI is InChI=1S/C44H54O7S/c1-4-6-8-10-11-12-13-14-15-17-29-48-35-22-18-33(19-23-35)34-20-24-36(25-21-34)49-44(46)41-31-40-42(52-41)38-27-26-37(30-39(38)51-40)50-43(45)32(3)47-28-16-9-7-5-2/h18-27,30-32H,4-17,28-29H2,1-3H3. The molecule has 0 fully saturated rings. The van der Waals surface area contributed by atoms with Gasteiger partial charge in [0, 0.05) is 24.1 Å². The van der Waals surface area contributed by atoms with Crippen LogP contribution >= 0.6 is 11.3 Å². The minimum Gasteiger partial charge on any atom is -0.494 e. The van der Waals surface area contributed by atoms with Crippen LogP contribution in [-0.4, -0.2) is 31.3 Å². The molecule has 0 aliphatic rings. The highest BCUT2D eigenvalue weighted by Crippen LogP contribution is 2.37. The molecule has 0 amide bonds. The number of ether oxygens (including phenoxy) is 4. The molecule has 278 valence electrons. The van der Waals surface area contributed by atoms with Crippen LogP contribution in [0.5, 0.6) is 17.2 Å². The fraction of sp³-hybridized carbons (Fsp3) is 0.455. The van der Waals surface area contributed by atoms with E-state index in [0.29, 0.717) is 34.1 Å². The third-order valence-corrected chi connectivity index (χ3v) is 10.4. The number of rotatable bonds is 23. The molecule has 2 heterocycles. The normalized spacial score (nSPS) is 12.0. The molecular formula is C44H54O7S. The highest BCUT2D eigenvalue weighted by atomic mass is 32.1. The van der Waals surface area contributed by atoms with Gasteiger partial charge in [-0.25, -0.2) is 9.59 Å². The SMILES string of the molecule is CCCCCCCCCCCCOc1ccc(-c2ccc(OC(=O)c3cc4oc5cc(OC(=O)C(C)OCCCCCC)ccc5c4s3)cc2)cc1. The van der Waals surface area contributed by atoms with Crippen molar-refractivity contribution in [3.8, 4) is 28.4 Å². The molecule has 8 heteroatoms. The van der Waals surface area contributed by atoms with Gasteiger partial charge in [0.2, 0.25) is 0 Å². The fourth-order valence-electron chi connectivity index (χ4n) is 6.15. The topological polar surface area (TPSA) is 84.2 Å². The number of carbonyl (C=O) groups excluding carboxylic acids is 2. The van der Waals surface area contributed by atoms with Crippen molar-refractivity contribution in [1.82, 2.24) is 0 Å². The Morgan fingerprint density at radius 1 is 0.615 bits per heavy atom. The largest absolute Gasteiger partial charge is 0.494 e. The lowest BCUT2D eigenvalue weighted by molar-refractivity contribution is -0.146. The Hall–Kier alpha value is -4.14. The van der Waals surface area contributed by atoms with Crippen LogP contribution in [0.1, 0.15) is 120 Å². The van der Waals surface area contributed by atoms with E-state index in [1.165, 1.54) is 69.1 Å². The second-order valence-corrected chi connectivity index (χ2v) is 14.6. The zero-order valence-corrected chi connectivity index (χ0v) is 31.9. The van der Waals surface area contributed by atoms with Gasteiger partial charge >= 0.3 is 11.9 Å². The number of fused-ring (bicyclic) bond motifs is 3. The molecule has 0 saturated carbocycles. The lowest BCUT2D eigenvalue weighted by Crippen LogP contribution is -2.26. The molecule has 0 N–H and O–H groups in total. The Bertz CT molecular complexity index is 1820. The van der Waals surface area contributed by atoms with Crippen molar-refractivity contribution in [3.05, 3.63) is 77.7 Å². The molecule has 0 bridgehead atoms. The van der Waals surface area contributed by atoms with Gasteiger partial charge in [0.05, 0.1) is 11.3 Å². The van der Waals surface area contributed by atoms with E-state index in [0.717, 1.165) is 65.7 Å². The highest BCUT2D eigenvalue weighted by Gasteiger charge is 2.20. The Balaban J connectivity index is 1.06. The average Bonchev–Trinajstić information content (AvgIpc) is 3.72. The molecule has 7 nitrogen and oxygen atoms in total. The first-order valence-corrected chi connectivity index (χ1v) is 20.1. The molecule has 1 unspecified atom stereocenters. The molecule has 0 spiro atoms. The number of hydrogen-bond donors (Lipinski definition) is 0. The minimum absolute atomic E-state index is 0.382. The van der Waals surface area contributed by atoms with Crippen molar-refractivity contribution in [2.45, 2.75) is 117 Å². The van der Waals surface area contributed by atoms with Gasteiger partial charge < -0.3 is 23.4 Å². The number of unbranched alkanes of at least 4 members (excludes halogenated alkanes) is 12. The van der Waals surface area contributed by atoms with Gasteiger partial charge in [-0.3, -0.25) is 0 Å². The first-order chi connectivity index (χ1) is 25.4. The molecule has 0 radical (unpaired) electrons. The predicted octanol–water partition coefficient (Wildman–Crippen LogP) is 12.7. The molecular weight excluding hydrogens is 673 g/mol. The van der Waals surface area contributed by atoms with Crippen LogP contribution < -0.4 is 14.2 Å². The van der Waals surface area contributed by atoms with Gasteiger partial charge in [-0.1, -0.05) is 115 Å². The van der Waals surface area contributed by atoms with Crippen LogP contribution in [-0.2, 0) is 9.53 Å². The fourth-order valence-corrected chi connectivity index (χ4v) is 7.14. The van der Waals surface area contributed by atoms with E-state index in [1.807, 2.05) is 30.3 Å². The van der Waals surface area contributed by atoms with E-state index >= 15 is 0 Å². The maximum absolute atomic E-state index is 13.1. The Kier molecular flexibility index (Phi) is 15.6. The number of thiophene rings is 1. The zero-order chi connectivity index (χ0) is 36.5. The van der Waals surface area contributed by atoms with Gasteiger partial charge in [0.25, 0.3) is 0 Å². The van der Waals surface area contributed by atoms with Gasteiger partial charge in [0.1, 0.15) is 33.3 Å². The second kappa shape index (κ2) is 20.8. The Labute approximate surface area is 312 Å². The summed E-state index contributed by atoms with van der Waals surface area (Å²) in [6, 6.07) is 22.6. The van der Waals surface area contributed by atoms with Crippen molar-refractivity contribution in [2.75, 3.05) is 13.2 Å². The summed E-state index contributed by atoms with van der Waals surface area (Å²) < 4.78 is 29.7. The van der Waals surface area contributed by atoms with E-state index in [9.17, 15) is 9.59 Å². The monoisotopic (exact) mass is 726 g/mol. The lowest BCUT2D eigenvalue weighted by Gasteiger charge is -2.12. The third kappa shape index (κ3) is 11.7. The highest BCUT2D eigenvalue weighted by molar-refractivity contribution is 7.21. The first-order valence-electron chi connectivity index (χ1n) is 19.3. The Morgan fingerprint density at radius 2 is 1.17 bits per heavy atom. The summed E-state index contributed by atoms with van der Waals surface area (Å²) in [5.74, 6) is 0.833. The van der Waals surface area contributed by atoms with E-state index in [4.69, 9.17) is 23.4 Å². The maximum Gasteiger partial charge on any atom is 0.353 e. The summed E-state index contributed by atoms with van der Waals surface area (Å²) in [6.07, 6.45) is 16.8. The van der Waals surface area contributed by atoms with E-state index in [2.05, 4.69) is 26.0 Å². The molecule has 0 saturated heterocycles. The summed E-state index contributed by atoms with van der Waals surface area (Å²) >= 11 is 1.31. The van der Waals surface area contributed by atoms with Crippen LogP contribution in [0.4, 0.5) is 0 Å². The van der Waals surface area contributed by atoms with Crippen molar-refractivity contribution in [2.24, 2.45) is 0 Å². The van der Waals surface area contributed by atoms with Crippen LogP contribution in [0.2, 0.25) is 0 Å². The van der Waals surface area contributed by atoms with E-state index in [1.54, 1.807) is 37.3 Å². The van der Waals surface area contributed by atoms with Gasteiger partial charge in [-0.15, -0.1) is 11.3 Å². The summed E-state index contributed by atoms with van der Waals surface area (Å²) in [7, 11) is 0. The van der Waals surface area contributed by atoms with Gasteiger partial charge in [-0.05, 0) is 67.3 Å². The molecule has 3 aromatic carbocycles. The zero-order valence-electron chi connectivity index (χ0n) is 31.1. The van der Waals surface area contributed by atoms with Crippen LogP contribution in [0, 0.1) is 0 Å². The van der Waals surface area contributed by atoms with Crippen LogP contribution in [0.25, 0.3) is 32.4 Å². The molecule has 1 atom stereocenters. The van der Waals surface area contributed by atoms with Gasteiger partial charge in [0.15, 0.2) is 6.10 Å². The molecule has 5 aromatic rings.